The molecule has 0 saturated carbocycles. The van der Waals surface area contributed by atoms with Gasteiger partial charge in [0, 0.05) is 24.3 Å². The molecule has 1 amide bonds. The normalized spacial score (nSPS) is 16.9. The molecule has 21 heavy (non-hydrogen) atoms. The first-order chi connectivity index (χ1) is 10.2. The van der Waals surface area contributed by atoms with Crippen molar-refractivity contribution in [2.24, 2.45) is 5.73 Å². The topological polar surface area (TPSA) is 59.2 Å². The number of carbonyl (C=O) groups excluding carboxylic acids is 1. The van der Waals surface area contributed by atoms with E-state index in [0.717, 1.165) is 23.9 Å². The molecule has 1 aliphatic rings. The van der Waals surface area contributed by atoms with Crippen molar-refractivity contribution in [1.82, 2.24) is 4.98 Å². The van der Waals surface area contributed by atoms with Gasteiger partial charge in [-0.3, -0.25) is 9.78 Å². The lowest BCUT2D eigenvalue weighted by molar-refractivity contribution is 0.0987. The molecule has 1 atom stereocenters. The Morgan fingerprint density at radius 1 is 1.38 bits per heavy atom. The number of aromatic nitrogens is 1. The number of para-hydroxylation sites is 1. The van der Waals surface area contributed by atoms with E-state index in [-0.39, 0.29) is 17.4 Å². The van der Waals surface area contributed by atoms with Gasteiger partial charge in [-0.2, -0.15) is 0 Å². The van der Waals surface area contributed by atoms with E-state index < -0.39 is 5.82 Å². The Bertz CT molecular complexity index is 674. The number of nitrogens with zero attached hydrogens (tertiary/aromatic N) is 2. The fraction of sp³-hybridized carbons (Fsp3) is 0.250. The van der Waals surface area contributed by atoms with E-state index >= 15 is 0 Å². The maximum absolute atomic E-state index is 13.3. The highest BCUT2D eigenvalue weighted by atomic mass is 19.1. The summed E-state index contributed by atoms with van der Waals surface area (Å²) in [7, 11) is 0. The van der Waals surface area contributed by atoms with Crippen LogP contribution in [0.25, 0.3) is 0 Å². The van der Waals surface area contributed by atoms with Gasteiger partial charge in [-0.25, -0.2) is 4.39 Å². The van der Waals surface area contributed by atoms with Gasteiger partial charge in [0.2, 0.25) is 0 Å². The van der Waals surface area contributed by atoms with Crippen LogP contribution in [0.2, 0.25) is 0 Å². The number of hydrogen-bond donors (Lipinski definition) is 1. The molecule has 5 heteroatoms. The fourth-order valence-corrected chi connectivity index (χ4v) is 2.82. The number of nitrogens with two attached hydrogens (primary N) is 1. The van der Waals surface area contributed by atoms with E-state index in [1.807, 2.05) is 24.3 Å². The largest absolute Gasteiger partial charge is 0.330 e. The van der Waals surface area contributed by atoms with Gasteiger partial charge < -0.3 is 10.6 Å². The Kier molecular flexibility index (Phi) is 3.66. The zero-order chi connectivity index (χ0) is 14.8. The average Bonchev–Trinajstić information content (AvgIpc) is 2.86. The lowest BCUT2D eigenvalue weighted by Crippen LogP contribution is -2.30. The summed E-state index contributed by atoms with van der Waals surface area (Å²) in [6.45, 7) is 1.15. The minimum atomic E-state index is -0.508. The zero-order valence-electron chi connectivity index (χ0n) is 11.5. The lowest BCUT2D eigenvalue weighted by Gasteiger charge is -2.17. The molecular formula is C16H16FN3O. The summed E-state index contributed by atoms with van der Waals surface area (Å²) in [5.74, 6) is -0.502. The van der Waals surface area contributed by atoms with E-state index in [0.29, 0.717) is 13.1 Å². The lowest BCUT2D eigenvalue weighted by atomic mass is 9.98. The van der Waals surface area contributed by atoms with Gasteiger partial charge in [0.15, 0.2) is 0 Å². The van der Waals surface area contributed by atoms with Crippen molar-refractivity contribution in [3.05, 3.63) is 59.7 Å². The average molecular weight is 285 g/mol. The van der Waals surface area contributed by atoms with Crippen LogP contribution in [0.15, 0.2) is 42.7 Å². The van der Waals surface area contributed by atoms with Gasteiger partial charge in [-0.15, -0.1) is 0 Å². The highest BCUT2D eigenvalue weighted by molar-refractivity contribution is 6.07. The molecule has 0 aliphatic carbocycles. The van der Waals surface area contributed by atoms with Crippen molar-refractivity contribution in [3.8, 4) is 0 Å². The van der Waals surface area contributed by atoms with E-state index in [1.54, 1.807) is 4.90 Å². The molecule has 1 unspecified atom stereocenters. The maximum atomic E-state index is 13.3. The number of halogens is 1. The first-order valence-electron chi connectivity index (χ1n) is 6.92. The van der Waals surface area contributed by atoms with Crippen molar-refractivity contribution in [3.63, 3.8) is 0 Å². The van der Waals surface area contributed by atoms with Gasteiger partial charge >= 0.3 is 0 Å². The van der Waals surface area contributed by atoms with Crippen LogP contribution in [-0.2, 0) is 0 Å². The Morgan fingerprint density at radius 2 is 2.19 bits per heavy atom. The quantitative estimate of drug-likeness (QED) is 0.941. The standard InChI is InChI=1S/C16H16FN3O/c17-13-7-12(8-19-9-13)16(21)20-10-11(5-6-18)14-3-1-2-4-15(14)20/h1-4,7-9,11H,5-6,10,18H2. The van der Waals surface area contributed by atoms with Gasteiger partial charge in [0.25, 0.3) is 5.91 Å². The molecule has 0 spiro atoms. The maximum Gasteiger partial charge on any atom is 0.259 e. The molecule has 0 bridgehead atoms. The van der Waals surface area contributed by atoms with Crippen molar-refractivity contribution in [1.29, 1.82) is 0 Å². The van der Waals surface area contributed by atoms with Crippen LogP contribution >= 0.6 is 0 Å². The highest BCUT2D eigenvalue weighted by Gasteiger charge is 2.32. The second kappa shape index (κ2) is 5.61. The second-order valence-electron chi connectivity index (χ2n) is 5.14. The SMILES string of the molecule is NCCC1CN(C(=O)c2cncc(F)c2)c2ccccc21. The zero-order valence-corrected chi connectivity index (χ0v) is 11.5. The Balaban J connectivity index is 1.95. The summed E-state index contributed by atoms with van der Waals surface area (Å²) in [5.41, 5.74) is 7.92. The van der Waals surface area contributed by atoms with E-state index in [1.165, 1.54) is 12.3 Å². The van der Waals surface area contributed by atoms with Crippen molar-refractivity contribution < 1.29 is 9.18 Å². The van der Waals surface area contributed by atoms with Crippen LogP contribution in [0.1, 0.15) is 28.3 Å². The first kappa shape index (κ1) is 13.7. The van der Waals surface area contributed by atoms with Crippen LogP contribution in [0.3, 0.4) is 0 Å². The molecule has 1 aromatic heterocycles. The van der Waals surface area contributed by atoms with Crippen LogP contribution in [-0.4, -0.2) is 24.0 Å². The molecule has 2 heterocycles. The van der Waals surface area contributed by atoms with Crippen LogP contribution in [0.4, 0.5) is 10.1 Å². The number of carbonyl (C=O) groups is 1. The second-order valence-corrected chi connectivity index (χ2v) is 5.14. The predicted molar refractivity (Wildman–Crippen MR) is 78.7 cm³/mol. The molecule has 0 saturated heterocycles. The van der Waals surface area contributed by atoms with Crippen molar-refractivity contribution >= 4 is 11.6 Å². The molecule has 0 fully saturated rings. The van der Waals surface area contributed by atoms with Gasteiger partial charge in [0.05, 0.1) is 11.8 Å². The molecule has 3 rings (SSSR count). The third kappa shape index (κ3) is 2.52. The van der Waals surface area contributed by atoms with Gasteiger partial charge in [0.1, 0.15) is 5.82 Å². The van der Waals surface area contributed by atoms with E-state index in [2.05, 4.69) is 4.98 Å². The number of pyridine rings is 1. The monoisotopic (exact) mass is 285 g/mol. The summed E-state index contributed by atoms with van der Waals surface area (Å²) < 4.78 is 13.3. The molecule has 1 aromatic carbocycles. The summed E-state index contributed by atoms with van der Waals surface area (Å²) in [4.78, 5) is 18.0. The smallest absolute Gasteiger partial charge is 0.259 e. The molecule has 1 aliphatic heterocycles. The molecule has 0 radical (unpaired) electrons. The number of amides is 1. The van der Waals surface area contributed by atoms with Crippen LogP contribution in [0, 0.1) is 5.82 Å². The number of fused-ring (bicyclic) bond motifs is 1. The molecule has 2 aromatic rings. The molecule has 4 nitrogen and oxygen atoms in total. The number of anilines is 1. The number of benzene rings is 1. The molecule has 108 valence electrons. The fourth-order valence-electron chi connectivity index (χ4n) is 2.82. The third-order valence-corrected chi connectivity index (χ3v) is 3.78. The van der Waals surface area contributed by atoms with Gasteiger partial charge in [-0.05, 0) is 30.7 Å². The summed E-state index contributed by atoms with van der Waals surface area (Å²) in [6, 6.07) is 9.01. The molecular weight excluding hydrogens is 269 g/mol. The predicted octanol–water partition coefficient (Wildman–Crippen LogP) is 2.31. The Hall–Kier alpha value is -2.27. The van der Waals surface area contributed by atoms with Crippen LogP contribution < -0.4 is 10.6 Å². The minimum Gasteiger partial charge on any atom is -0.330 e. The van der Waals surface area contributed by atoms with Crippen molar-refractivity contribution in [2.75, 3.05) is 18.0 Å². The summed E-state index contributed by atoms with van der Waals surface area (Å²) in [6.07, 6.45) is 3.30. The summed E-state index contributed by atoms with van der Waals surface area (Å²) in [5, 5.41) is 0. The van der Waals surface area contributed by atoms with Crippen molar-refractivity contribution in [2.45, 2.75) is 12.3 Å². The summed E-state index contributed by atoms with van der Waals surface area (Å²) >= 11 is 0. The highest BCUT2D eigenvalue weighted by Crippen LogP contribution is 2.38. The van der Waals surface area contributed by atoms with E-state index in [9.17, 15) is 9.18 Å². The Morgan fingerprint density at radius 3 is 2.95 bits per heavy atom. The van der Waals surface area contributed by atoms with Gasteiger partial charge in [-0.1, -0.05) is 18.2 Å². The third-order valence-electron chi connectivity index (χ3n) is 3.78. The van der Waals surface area contributed by atoms with Crippen LogP contribution in [0.5, 0.6) is 0 Å². The van der Waals surface area contributed by atoms with E-state index in [4.69, 9.17) is 5.73 Å². The minimum absolute atomic E-state index is 0.228. The molecule has 2 N–H and O–H groups in total. The number of rotatable bonds is 3. The number of hydrogen-bond acceptors (Lipinski definition) is 3. The Labute approximate surface area is 122 Å². The first-order valence-corrected chi connectivity index (χ1v) is 6.92.